The van der Waals surface area contributed by atoms with Crippen LogP contribution in [0.3, 0.4) is 0 Å². The van der Waals surface area contributed by atoms with Crippen LogP contribution in [0.25, 0.3) is 11.1 Å². The van der Waals surface area contributed by atoms with Crippen molar-refractivity contribution in [3.63, 3.8) is 0 Å². The van der Waals surface area contributed by atoms with Crippen molar-refractivity contribution in [3.05, 3.63) is 47.0 Å². The first-order valence-corrected chi connectivity index (χ1v) is 6.87. The maximum atomic E-state index is 10.3. The fourth-order valence-electron chi connectivity index (χ4n) is 3.03. The summed E-state index contributed by atoms with van der Waals surface area (Å²) in [5.41, 5.74) is 12.6. The largest absolute Gasteiger partial charge is 0.507 e. The van der Waals surface area contributed by atoms with Gasteiger partial charge in [0.2, 0.25) is 0 Å². The molecular weight excluding hydrogens is 234 g/mol. The average Bonchev–Trinajstić information content (AvgIpc) is 2.40. The van der Waals surface area contributed by atoms with Gasteiger partial charge in [-0.15, -0.1) is 0 Å². The maximum absolute atomic E-state index is 10.3. The summed E-state index contributed by atoms with van der Waals surface area (Å²) >= 11 is 0. The zero-order valence-electron chi connectivity index (χ0n) is 11.2. The Hall–Kier alpha value is -1.96. The first-order chi connectivity index (χ1) is 9.16. The van der Waals surface area contributed by atoms with E-state index in [2.05, 4.69) is 6.07 Å². The molecule has 0 bridgehead atoms. The topological polar surface area (TPSA) is 46.2 Å². The van der Waals surface area contributed by atoms with Gasteiger partial charge in [-0.2, -0.15) is 0 Å². The molecule has 0 radical (unpaired) electrons. The number of fused-ring (bicyclic) bond motifs is 1. The smallest absolute Gasteiger partial charge is 0.123 e. The molecule has 0 aliphatic heterocycles. The van der Waals surface area contributed by atoms with Crippen LogP contribution in [0.15, 0.2) is 30.3 Å². The quantitative estimate of drug-likeness (QED) is 0.759. The third-order valence-electron chi connectivity index (χ3n) is 3.99. The Labute approximate surface area is 113 Å². The van der Waals surface area contributed by atoms with E-state index in [1.165, 1.54) is 24.0 Å². The number of hydrogen-bond acceptors (Lipinski definition) is 2. The van der Waals surface area contributed by atoms with Crippen LogP contribution >= 0.6 is 0 Å². The van der Waals surface area contributed by atoms with E-state index in [0.717, 1.165) is 35.2 Å². The molecule has 0 saturated carbocycles. The Balaban J connectivity index is 2.24. The Morgan fingerprint density at radius 1 is 1.05 bits per heavy atom. The molecule has 0 aromatic heterocycles. The fraction of sp³-hybridized carbons (Fsp3) is 0.294. The summed E-state index contributed by atoms with van der Waals surface area (Å²) < 4.78 is 0. The Kier molecular flexibility index (Phi) is 2.94. The first kappa shape index (κ1) is 12.1. The van der Waals surface area contributed by atoms with Crippen LogP contribution in [-0.2, 0) is 12.8 Å². The van der Waals surface area contributed by atoms with Gasteiger partial charge < -0.3 is 10.8 Å². The normalized spacial score (nSPS) is 14.2. The second-order valence-electron chi connectivity index (χ2n) is 5.40. The van der Waals surface area contributed by atoms with Crippen LogP contribution in [0.2, 0.25) is 0 Å². The number of rotatable bonds is 1. The number of nitrogen functional groups attached to an aromatic ring is 1. The van der Waals surface area contributed by atoms with Crippen LogP contribution in [0, 0.1) is 6.92 Å². The van der Waals surface area contributed by atoms with Crippen molar-refractivity contribution in [1.29, 1.82) is 0 Å². The number of hydrogen-bond donors (Lipinski definition) is 2. The highest BCUT2D eigenvalue weighted by Gasteiger charge is 2.18. The predicted molar refractivity (Wildman–Crippen MR) is 79.3 cm³/mol. The third-order valence-corrected chi connectivity index (χ3v) is 3.99. The molecule has 0 spiro atoms. The van der Waals surface area contributed by atoms with E-state index in [4.69, 9.17) is 5.73 Å². The van der Waals surface area contributed by atoms with Gasteiger partial charge in [-0.05, 0) is 61.4 Å². The number of nitrogens with two attached hydrogens (primary N) is 1. The molecule has 2 heteroatoms. The predicted octanol–water partition coefficient (Wildman–Crippen LogP) is 3.83. The summed E-state index contributed by atoms with van der Waals surface area (Å²) in [7, 11) is 0. The number of phenols is 1. The highest BCUT2D eigenvalue weighted by atomic mass is 16.3. The van der Waals surface area contributed by atoms with Gasteiger partial charge >= 0.3 is 0 Å². The summed E-state index contributed by atoms with van der Waals surface area (Å²) in [4.78, 5) is 0. The molecular formula is C17H19NO. The Morgan fingerprint density at radius 3 is 2.63 bits per heavy atom. The molecule has 3 N–H and O–H groups in total. The Bertz CT molecular complexity index is 631. The molecule has 0 unspecified atom stereocenters. The lowest BCUT2D eigenvalue weighted by Gasteiger charge is -2.21. The van der Waals surface area contributed by atoms with Gasteiger partial charge in [-0.1, -0.05) is 18.2 Å². The van der Waals surface area contributed by atoms with Gasteiger partial charge in [0.1, 0.15) is 5.75 Å². The van der Waals surface area contributed by atoms with Crippen LogP contribution in [0.5, 0.6) is 5.75 Å². The lowest BCUT2D eigenvalue weighted by molar-refractivity contribution is 0.475. The molecule has 2 nitrogen and oxygen atoms in total. The number of phenolic OH excluding ortho intramolecular Hbond substituents is 1. The Morgan fingerprint density at radius 2 is 1.84 bits per heavy atom. The van der Waals surface area contributed by atoms with Crippen molar-refractivity contribution in [1.82, 2.24) is 0 Å². The van der Waals surface area contributed by atoms with Gasteiger partial charge in [0.25, 0.3) is 0 Å². The summed E-state index contributed by atoms with van der Waals surface area (Å²) in [6.45, 7) is 2.03. The lowest BCUT2D eigenvalue weighted by Crippen LogP contribution is -2.05. The highest BCUT2D eigenvalue weighted by molar-refractivity contribution is 5.83. The van der Waals surface area contributed by atoms with E-state index in [0.29, 0.717) is 5.75 Å². The van der Waals surface area contributed by atoms with Crippen molar-refractivity contribution in [3.8, 4) is 16.9 Å². The molecule has 98 valence electrons. The number of aromatic hydroxyl groups is 1. The second-order valence-corrected chi connectivity index (χ2v) is 5.40. The van der Waals surface area contributed by atoms with E-state index < -0.39 is 0 Å². The zero-order chi connectivity index (χ0) is 13.4. The fourth-order valence-corrected chi connectivity index (χ4v) is 3.03. The second kappa shape index (κ2) is 4.61. The van der Waals surface area contributed by atoms with Crippen molar-refractivity contribution < 1.29 is 5.11 Å². The first-order valence-electron chi connectivity index (χ1n) is 6.87. The SMILES string of the molecule is Cc1ccc(-c2c(O)ccc3c2CCCC3)c(N)c1. The van der Waals surface area contributed by atoms with Crippen LogP contribution in [0.1, 0.15) is 29.5 Å². The third kappa shape index (κ3) is 2.07. The maximum Gasteiger partial charge on any atom is 0.123 e. The molecule has 2 aromatic carbocycles. The molecule has 1 aliphatic carbocycles. The number of benzene rings is 2. The summed E-state index contributed by atoms with van der Waals surface area (Å²) in [6.07, 6.45) is 4.57. The highest BCUT2D eigenvalue weighted by Crippen LogP contribution is 2.40. The van der Waals surface area contributed by atoms with E-state index in [-0.39, 0.29) is 0 Å². The minimum atomic E-state index is 0.344. The van der Waals surface area contributed by atoms with Crippen molar-refractivity contribution in [2.75, 3.05) is 5.73 Å². The lowest BCUT2D eigenvalue weighted by atomic mass is 9.85. The van der Waals surface area contributed by atoms with Crippen molar-refractivity contribution in [2.24, 2.45) is 0 Å². The molecule has 19 heavy (non-hydrogen) atoms. The average molecular weight is 253 g/mol. The van der Waals surface area contributed by atoms with Crippen LogP contribution < -0.4 is 5.73 Å². The molecule has 1 aliphatic rings. The van der Waals surface area contributed by atoms with Gasteiger partial charge in [0, 0.05) is 16.8 Å². The van der Waals surface area contributed by atoms with Crippen LogP contribution in [0.4, 0.5) is 5.69 Å². The summed E-state index contributed by atoms with van der Waals surface area (Å²) in [5, 5.41) is 10.3. The minimum absolute atomic E-state index is 0.344. The molecule has 0 atom stereocenters. The monoisotopic (exact) mass is 253 g/mol. The van der Waals surface area contributed by atoms with E-state index in [1.807, 2.05) is 25.1 Å². The standard InChI is InChI=1S/C17H19NO/c1-11-6-8-14(15(18)10-11)17-13-5-3-2-4-12(13)7-9-16(17)19/h6-10,19H,2-5,18H2,1H3. The van der Waals surface area contributed by atoms with E-state index in [9.17, 15) is 5.11 Å². The van der Waals surface area contributed by atoms with Crippen molar-refractivity contribution in [2.45, 2.75) is 32.6 Å². The molecule has 0 fully saturated rings. The van der Waals surface area contributed by atoms with E-state index in [1.54, 1.807) is 6.07 Å². The molecule has 0 amide bonds. The summed E-state index contributed by atoms with van der Waals surface area (Å²) in [6, 6.07) is 9.90. The minimum Gasteiger partial charge on any atom is -0.507 e. The van der Waals surface area contributed by atoms with E-state index >= 15 is 0 Å². The number of aryl methyl sites for hydroxylation is 2. The van der Waals surface area contributed by atoms with Gasteiger partial charge in [-0.25, -0.2) is 0 Å². The molecule has 0 saturated heterocycles. The van der Waals surface area contributed by atoms with Crippen molar-refractivity contribution >= 4 is 5.69 Å². The van der Waals surface area contributed by atoms with Crippen LogP contribution in [-0.4, -0.2) is 5.11 Å². The van der Waals surface area contributed by atoms with Gasteiger partial charge in [0.05, 0.1) is 0 Å². The molecule has 3 rings (SSSR count). The van der Waals surface area contributed by atoms with Gasteiger partial charge in [0.15, 0.2) is 0 Å². The molecule has 2 aromatic rings. The number of anilines is 1. The zero-order valence-corrected chi connectivity index (χ0v) is 11.2. The molecule has 0 heterocycles. The summed E-state index contributed by atoms with van der Waals surface area (Å²) in [5.74, 6) is 0.344. The van der Waals surface area contributed by atoms with Gasteiger partial charge in [-0.3, -0.25) is 0 Å².